The first-order valence-electron chi connectivity index (χ1n) is 8.15. The lowest BCUT2D eigenvalue weighted by Crippen LogP contribution is -2.19. The topological polar surface area (TPSA) is 109 Å². The Balaban J connectivity index is 1.71. The number of hydrogen-bond acceptors (Lipinski definition) is 6. The SMILES string of the molecule is COc1ccccc1NC(=O)Nc1sc(NS(=O)(=O)c2ccccc2)nc1C. The highest BCUT2D eigenvalue weighted by Crippen LogP contribution is 2.30. The van der Waals surface area contributed by atoms with Gasteiger partial charge in [0.15, 0.2) is 5.13 Å². The molecule has 0 saturated carbocycles. The van der Waals surface area contributed by atoms with Gasteiger partial charge in [0.25, 0.3) is 10.0 Å². The number of carbonyl (C=O) groups excluding carboxylic acids is 1. The Kier molecular flexibility index (Phi) is 5.81. The Morgan fingerprint density at radius 1 is 1.04 bits per heavy atom. The average Bonchev–Trinajstić information content (AvgIpc) is 3.00. The number of nitrogens with zero attached hydrogens (tertiary/aromatic N) is 1. The minimum Gasteiger partial charge on any atom is -0.495 e. The van der Waals surface area contributed by atoms with E-state index in [-0.39, 0.29) is 10.0 Å². The molecule has 0 aliphatic rings. The number of benzene rings is 2. The van der Waals surface area contributed by atoms with Crippen LogP contribution in [0.15, 0.2) is 59.5 Å². The van der Waals surface area contributed by atoms with E-state index >= 15 is 0 Å². The summed E-state index contributed by atoms with van der Waals surface area (Å²) in [5.74, 6) is 0.523. The quantitative estimate of drug-likeness (QED) is 0.562. The number of methoxy groups -OCH3 is 1. The molecule has 0 aliphatic heterocycles. The Labute approximate surface area is 166 Å². The smallest absolute Gasteiger partial charge is 0.324 e. The summed E-state index contributed by atoms with van der Waals surface area (Å²) >= 11 is 1.03. The maximum atomic E-state index is 12.4. The van der Waals surface area contributed by atoms with Crippen LogP contribution in [0.25, 0.3) is 0 Å². The molecule has 1 aromatic heterocycles. The van der Waals surface area contributed by atoms with Gasteiger partial charge in [0.1, 0.15) is 10.8 Å². The van der Waals surface area contributed by atoms with Crippen LogP contribution >= 0.6 is 11.3 Å². The predicted molar refractivity (Wildman–Crippen MR) is 110 cm³/mol. The number of nitrogens with one attached hydrogen (secondary N) is 3. The number of anilines is 3. The minimum absolute atomic E-state index is 0.131. The standard InChI is InChI=1S/C18H18N4O4S2/c1-12-16(21-17(23)20-14-10-6-7-11-15(14)26-2)27-18(19-12)22-28(24,25)13-8-4-3-5-9-13/h3-11H,1-2H3,(H,19,22)(H2,20,21,23). The van der Waals surface area contributed by atoms with E-state index in [2.05, 4.69) is 20.3 Å². The third-order valence-electron chi connectivity index (χ3n) is 3.65. The third kappa shape index (κ3) is 4.59. The summed E-state index contributed by atoms with van der Waals surface area (Å²) in [6, 6.07) is 14.5. The van der Waals surface area contributed by atoms with Crippen molar-refractivity contribution >= 4 is 43.2 Å². The molecule has 0 fully saturated rings. The van der Waals surface area contributed by atoms with Crippen LogP contribution in [0.2, 0.25) is 0 Å². The number of sulfonamides is 1. The average molecular weight is 419 g/mol. The normalized spacial score (nSPS) is 10.9. The lowest BCUT2D eigenvalue weighted by molar-refractivity contribution is 0.262. The fraction of sp³-hybridized carbons (Fsp3) is 0.111. The van der Waals surface area contributed by atoms with E-state index in [1.807, 2.05) is 0 Å². The highest BCUT2D eigenvalue weighted by atomic mass is 32.2. The van der Waals surface area contributed by atoms with Gasteiger partial charge in [-0.25, -0.2) is 18.2 Å². The number of carbonyl (C=O) groups is 1. The van der Waals surface area contributed by atoms with E-state index in [1.165, 1.54) is 19.2 Å². The number of thiazole rings is 1. The monoisotopic (exact) mass is 418 g/mol. The van der Waals surface area contributed by atoms with Crippen LogP contribution in [0.4, 0.5) is 20.6 Å². The zero-order valence-corrected chi connectivity index (χ0v) is 16.7. The van der Waals surface area contributed by atoms with Gasteiger partial charge in [0.05, 0.1) is 23.4 Å². The first-order valence-corrected chi connectivity index (χ1v) is 10.5. The molecule has 28 heavy (non-hydrogen) atoms. The molecule has 0 aliphatic carbocycles. The summed E-state index contributed by atoms with van der Waals surface area (Å²) in [6.45, 7) is 1.68. The number of urea groups is 1. The van der Waals surface area contributed by atoms with Gasteiger partial charge in [-0.2, -0.15) is 0 Å². The van der Waals surface area contributed by atoms with Gasteiger partial charge < -0.3 is 10.1 Å². The van der Waals surface area contributed by atoms with Crippen molar-refractivity contribution in [3.8, 4) is 5.75 Å². The lowest BCUT2D eigenvalue weighted by atomic mass is 10.3. The largest absolute Gasteiger partial charge is 0.495 e. The molecule has 10 heteroatoms. The van der Waals surface area contributed by atoms with Crippen LogP contribution in [0, 0.1) is 6.92 Å². The molecule has 0 unspecified atom stereocenters. The summed E-state index contributed by atoms with van der Waals surface area (Å²) in [5.41, 5.74) is 1.00. The second-order valence-electron chi connectivity index (χ2n) is 5.63. The summed E-state index contributed by atoms with van der Waals surface area (Å²) in [6.07, 6.45) is 0. The van der Waals surface area contributed by atoms with Gasteiger partial charge in [-0.15, -0.1) is 0 Å². The number of ether oxygens (including phenoxy) is 1. The van der Waals surface area contributed by atoms with E-state index in [4.69, 9.17) is 4.74 Å². The molecule has 3 aromatic rings. The number of aryl methyl sites for hydroxylation is 1. The van der Waals surface area contributed by atoms with Gasteiger partial charge in [-0.3, -0.25) is 10.0 Å². The third-order valence-corrected chi connectivity index (χ3v) is 6.13. The second-order valence-corrected chi connectivity index (χ2v) is 8.31. The van der Waals surface area contributed by atoms with E-state index in [1.54, 1.807) is 49.4 Å². The Hall–Kier alpha value is -3.11. The van der Waals surface area contributed by atoms with Crippen molar-refractivity contribution in [1.29, 1.82) is 0 Å². The second kappa shape index (κ2) is 8.28. The molecule has 0 radical (unpaired) electrons. The van der Waals surface area contributed by atoms with Gasteiger partial charge in [0, 0.05) is 0 Å². The highest BCUT2D eigenvalue weighted by Gasteiger charge is 2.18. The fourth-order valence-corrected chi connectivity index (χ4v) is 4.45. The van der Waals surface area contributed by atoms with Crippen molar-refractivity contribution < 1.29 is 17.9 Å². The molecule has 0 bridgehead atoms. The van der Waals surface area contributed by atoms with Crippen molar-refractivity contribution in [3.63, 3.8) is 0 Å². The molecule has 146 valence electrons. The summed E-state index contributed by atoms with van der Waals surface area (Å²) in [4.78, 5) is 16.6. The van der Waals surface area contributed by atoms with Crippen molar-refractivity contribution in [2.24, 2.45) is 0 Å². The summed E-state index contributed by atoms with van der Waals surface area (Å²) in [7, 11) is -2.24. The first kappa shape index (κ1) is 19.6. The molecule has 3 N–H and O–H groups in total. The van der Waals surface area contributed by atoms with Crippen LogP contribution in [0.5, 0.6) is 5.75 Å². The van der Waals surface area contributed by atoms with Crippen molar-refractivity contribution in [2.75, 3.05) is 22.5 Å². The van der Waals surface area contributed by atoms with Gasteiger partial charge in [-0.05, 0) is 31.2 Å². The molecular formula is C18H18N4O4S2. The van der Waals surface area contributed by atoms with E-state index in [0.29, 0.717) is 22.1 Å². The van der Waals surface area contributed by atoms with Crippen LogP contribution in [0.3, 0.4) is 0 Å². The predicted octanol–water partition coefficient (Wildman–Crippen LogP) is 3.90. The number of para-hydroxylation sites is 2. The number of aromatic nitrogens is 1. The Morgan fingerprint density at radius 3 is 2.43 bits per heavy atom. The zero-order valence-electron chi connectivity index (χ0n) is 15.1. The van der Waals surface area contributed by atoms with Gasteiger partial charge in [-0.1, -0.05) is 41.7 Å². The summed E-state index contributed by atoms with van der Waals surface area (Å²) < 4.78 is 32.4. The molecule has 8 nitrogen and oxygen atoms in total. The van der Waals surface area contributed by atoms with Gasteiger partial charge in [0.2, 0.25) is 0 Å². The highest BCUT2D eigenvalue weighted by molar-refractivity contribution is 7.93. The zero-order chi connectivity index (χ0) is 20.1. The van der Waals surface area contributed by atoms with Crippen LogP contribution in [-0.2, 0) is 10.0 Å². The summed E-state index contributed by atoms with van der Waals surface area (Å²) in [5, 5.41) is 5.95. The fourth-order valence-electron chi connectivity index (χ4n) is 2.33. The molecule has 0 saturated heterocycles. The van der Waals surface area contributed by atoms with Crippen LogP contribution in [-0.4, -0.2) is 26.5 Å². The van der Waals surface area contributed by atoms with Crippen molar-refractivity contribution in [2.45, 2.75) is 11.8 Å². The molecular weight excluding hydrogens is 400 g/mol. The molecule has 1 heterocycles. The van der Waals surface area contributed by atoms with E-state index in [0.717, 1.165) is 11.3 Å². The van der Waals surface area contributed by atoms with Gasteiger partial charge >= 0.3 is 6.03 Å². The van der Waals surface area contributed by atoms with Crippen LogP contribution < -0.4 is 20.1 Å². The van der Waals surface area contributed by atoms with Crippen molar-refractivity contribution in [1.82, 2.24) is 4.98 Å². The number of amides is 2. The maximum Gasteiger partial charge on any atom is 0.324 e. The van der Waals surface area contributed by atoms with E-state index < -0.39 is 16.1 Å². The molecule has 0 atom stereocenters. The number of rotatable bonds is 6. The lowest BCUT2D eigenvalue weighted by Gasteiger charge is -2.10. The Morgan fingerprint density at radius 2 is 1.71 bits per heavy atom. The van der Waals surface area contributed by atoms with Crippen LogP contribution in [0.1, 0.15) is 5.69 Å². The number of hydrogen-bond donors (Lipinski definition) is 3. The van der Waals surface area contributed by atoms with E-state index in [9.17, 15) is 13.2 Å². The van der Waals surface area contributed by atoms with Crippen molar-refractivity contribution in [3.05, 3.63) is 60.3 Å². The minimum atomic E-state index is -3.75. The maximum absolute atomic E-state index is 12.4. The molecule has 2 aromatic carbocycles. The Bertz CT molecular complexity index is 1080. The molecule has 3 rings (SSSR count). The molecule has 2 amide bonds. The first-order chi connectivity index (χ1) is 13.4. The molecule has 0 spiro atoms.